The lowest BCUT2D eigenvalue weighted by Crippen LogP contribution is -2.14. The summed E-state index contributed by atoms with van der Waals surface area (Å²) >= 11 is 0. The van der Waals surface area contributed by atoms with Crippen LogP contribution in [0.15, 0.2) is 55.0 Å². The molecule has 1 aromatic carbocycles. The zero-order valence-electron chi connectivity index (χ0n) is 11.5. The quantitative estimate of drug-likeness (QED) is 0.785. The van der Waals surface area contributed by atoms with Gasteiger partial charge in [-0.15, -0.1) is 0 Å². The molecule has 0 spiro atoms. The monoisotopic (exact) mass is 263 g/mol. The summed E-state index contributed by atoms with van der Waals surface area (Å²) in [6, 6.07) is 12.4. The van der Waals surface area contributed by atoms with Crippen molar-refractivity contribution in [1.82, 2.24) is 15.3 Å². The van der Waals surface area contributed by atoms with Gasteiger partial charge in [0.25, 0.3) is 0 Å². The lowest BCUT2D eigenvalue weighted by atomic mass is 10.1. The SMILES string of the molecule is Cc1cccnc1CNCc1cccc2cnccc12. The molecule has 20 heavy (non-hydrogen) atoms. The fourth-order valence-corrected chi connectivity index (χ4v) is 2.36. The molecule has 3 heteroatoms. The molecule has 3 nitrogen and oxygen atoms in total. The van der Waals surface area contributed by atoms with Gasteiger partial charge in [-0.1, -0.05) is 24.3 Å². The molecule has 3 rings (SSSR count). The Hall–Kier alpha value is -2.26. The van der Waals surface area contributed by atoms with Crippen molar-refractivity contribution in [3.8, 4) is 0 Å². The van der Waals surface area contributed by atoms with Crippen molar-refractivity contribution in [3.63, 3.8) is 0 Å². The largest absolute Gasteiger partial charge is 0.307 e. The van der Waals surface area contributed by atoms with E-state index in [1.54, 1.807) is 0 Å². The normalized spacial score (nSPS) is 10.8. The Morgan fingerprint density at radius 3 is 2.85 bits per heavy atom. The Morgan fingerprint density at radius 2 is 1.95 bits per heavy atom. The number of aryl methyl sites for hydroxylation is 1. The molecule has 0 fully saturated rings. The molecule has 0 aliphatic heterocycles. The van der Waals surface area contributed by atoms with E-state index in [1.807, 2.05) is 24.7 Å². The summed E-state index contributed by atoms with van der Waals surface area (Å²) < 4.78 is 0. The fraction of sp³-hybridized carbons (Fsp3) is 0.176. The highest BCUT2D eigenvalue weighted by Crippen LogP contribution is 2.17. The molecule has 0 radical (unpaired) electrons. The highest BCUT2D eigenvalue weighted by atomic mass is 14.9. The van der Waals surface area contributed by atoms with Crippen LogP contribution in [-0.2, 0) is 13.1 Å². The first-order chi connectivity index (χ1) is 9.84. The first-order valence-corrected chi connectivity index (χ1v) is 6.77. The number of rotatable bonds is 4. The second kappa shape index (κ2) is 5.80. The van der Waals surface area contributed by atoms with Crippen LogP contribution in [0, 0.1) is 6.92 Å². The molecule has 100 valence electrons. The van der Waals surface area contributed by atoms with E-state index in [4.69, 9.17) is 0 Å². The number of nitrogens with zero attached hydrogens (tertiary/aromatic N) is 2. The first kappa shape index (κ1) is 12.8. The smallest absolute Gasteiger partial charge is 0.0570 e. The molecular formula is C17H17N3. The van der Waals surface area contributed by atoms with Crippen LogP contribution in [-0.4, -0.2) is 9.97 Å². The van der Waals surface area contributed by atoms with Gasteiger partial charge in [-0.3, -0.25) is 9.97 Å². The summed E-state index contributed by atoms with van der Waals surface area (Å²) in [5, 5.41) is 5.91. The van der Waals surface area contributed by atoms with Crippen LogP contribution in [0.5, 0.6) is 0 Å². The van der Waals surface area contributed by atoms with Crippen molar-refractivity contribution in [2.24, 2.45) is 0 Å². The third-order valence-electron chi connectivity index (χ3n) is 3.50. The Kier molecular flexibility index (Phi) is 3.70. The summed E-state index contributed by atoms with van der Waals surface area (Å²) in [5.74, 6) is 0. The minimum absolute atomic E-state index is 0.786. The number of hydrogen-bond donors (Lipinski definition) is 1. The van der Waals surface area contributed by atoms with E-state index in [2.05, 4.69) is 52.5 Å². The molecule has 2 heterocycles. The zero-order valence-corrected chi connectivity index (χ0v) is 11.5. The van der Waals surface area contributed by atoms with Crippen molar-refractivity contribution in [3.05, 3.63) is 71.8 Å². The standard InChI is InChI=1S/C17H17N3/c1-13-4-3-8-20-17(13)12-19-11-15-6-2-5-14-10-18-9-7-16(14)15/h2-10,19H,11-12H2,1H3. The predicted molar refractivity (Wildman–Crippen MR) is 81.3 cm³/mol. The van der Waals surface area contributed by atoms with E-state index >= 15 is 0 Å². The molecule has 0 amide bonds. The van der Waals surface area contributed by atoms with Gasteiger partial charge < -0.3 is 5.32 Å². The third-order valence-corrected chi connectivity index (χ3v) is 3.50. The van der Waals surface area contributed by atoms with Gasteiger partial charge in [0, 0.05) is 37.1 Å². The Labute approximate surface area is 118 Å². The second-order valence-electron chi connectivity index (χ2n) is 4.88. The molecule has 0 saturated heterocycles. The molecule has 1 N–H and O–H groups in total. The lowest BCUT2D eigenvalue weighted by Gasteiger charge is -2.09. The highest BCUT2D eigenvalue weighted by molar-refractivity contribution is 5.84. The van der Waals surface area contributed by atoms with Crippen LogP contribution >= 0.6 is 0 Å². The average Bonchev–Trinajstić information content (AvgIpc) is 2.49. The number of benzene rings is 1. The van der Waals surface area contributed by atoms with Crippen molar-refractivity contribution in [1.29, 1.82) is 0 Å². The van der Waals surface area contributed by atoms with Gasteiger partial charge in [0.15, 0.2) is 0 Å². The van der Waals surface area contributed by atoms with E-state index in [-0.39, 0.29) is 0 Å². The Morgan fingerprint density at radius 1 is 1.00 bits per heavy atom. The van der Waals surface area contributed by atoms with E-state index in [0.717, 1.165) is 18.8 Å². The van der Waals surface area contributed by atoms with Crippen LogP contribution in [0.1, 0.15) is 16.8 Å². The average molecular weight is 263 g/mol. The Balaban J connectivity index is 1.73. The summed E-state index contributed by atoms with van der Waals surface area (Å²) in [7, 11) is 0. The molecule has 0 bridgehead atoms. The van der Waals surface area contributed by atoms with Crippen LogP contribution in [0.3, 0.4) is 0 Å². The maximum absolute atomic E-state index is 4.40. The molecule has 0 aliphatic rings. The molecular weight excluding hydrogens is 246 g/mol. The summed E-state index contributed by atoms with van der Waals surface area (Å²) in [6.07, 6.45) is 5.59. The molecule has 0 saturated carbocycles. The van der Waals surface area contributed by atoms with Crippen LogP contribution in [0.2, 0.25) is 0 Å². The van der Waals surface area contributed by atoms with E-state index in [1.165, 1.54) is 21.9 Å². The number of hydrogen-bond acceptors (Lipinski definition) is 3. The summed E-state index contributed by atoms with van der Waals surface area (Å²) in [5.41, 5.74) is 3.62. The number of nitrogens with one attached hydrogen (secondary N) is 1. The fourth-order valence-electron chi connectivity index (χ4n) is 2.36. The van der Waals surface area contributed by atoms with E-state index < -0.39 is 0 Å². The molecule has 0 aliphatic carbocycles. The van der Waals surface area contributed by atoms with E-state index in [9.17, 15) is 0 Å². The predicted octanol–water partition coefficient (Wildman–Crippen LogP) is 3.23. The van der Waals surface area contributed by atoms with Crippen LogP contribution < -0.4 is 5.32 Å². The van der Waals surface area contributed by atoms with Crippen molar-refractivity contribution in [2.75, 3.05) is 0 Å². The molecule has 0 unspecified atom stereocenters. The maximum Gasteiger partial charge on any atom is 0.0570 e. The van der Waals surface area contributed by atoms with Gasteiger partial charge in [0.05, 0.1) is 5.69 Å². The molecule has 2 aromatic heterocycles. The molecule has 0 atom stereocenters. The Bertz CT molecular complexity index is 717. The third kappa shape index (κ3) is 2.68. The zero-order chi connectivity index (χ0) is 13.8. The lowest BCUT2D eigenvalue weighted by molar-refractivity contribution is 0.679. The maximum atomic E-state index is 4.40. The first-order valence-electron chi connectivity index (χ1n) is 6.77. The minimum Gasteiger partial charge on any atom is -0.307 e. The van der Waals surface area contributed by atoms with Gasteiger partial charge >= 0.3 is 0 Å². The van der Waals surface area contributed by atoms with Gasteiger partial charge in [0.1, 0.15) is 0 Å². The summed E-state index contributed by atoms with van der Waals surface area (Å²) in [6.45, 7) is 3.71. The number of fused-ring (bicyclic) bond motifs is 1. The number of aromatic nitrogens is 2. The van der Waals surface area contributed by atoms with Gasteiger partial charge in [-0.25, -0.2) is 0 Å². The van der Waals surface area contributed by atoms with E-state index in [0.29, 0.717) is 0 Å². The van der Waals surface area contributed by atoms with Crippen molar-refractivity contribution in [2.45, 2.75) is 20.0 Å². The van der Waals surface area contributed by atoms with Gasteiger partial charge in [-0.2, -0.15) is 0 Å². The topological polar surface area (TPSA) is 37.8 Å². The van der Waals surface area contributed by atoms with Gasteiger partial charge in [0.2, 0.25) is 0 Å². The second-order valence-corrected chi connectivity index (χ2v) is 4.88. The van der Waals surface area contributed by atoms with Crippen LogP contribution in [0.25, 0.3) is 10.8 Å². The minimum atomic E-state index is 0.786. The van der Waals surface area contributed by atoms with Crippen molar-refractivity contribution >= 4 is 10.8 Å². The van der Waals surface area contributed by atoms with Crippen molar-refractivity contribution < 1.29 is 0 Å². The van der Waals surface area contributed by atoms with Crippen LogP contribution in [0.4, 0.5) is 0 Å². The highest BCUT2D eigenvalue weighted by Gasteiger charge is 2.02. The number of pyridine rings is 2. The summed E-state index contributed by atoms with van der Waals surface area (Å²) in [4.78, 5) is 8.56. The molecule has 3 aromatic rings. The van der Waals surface area contributed by atoms with Gasteiger partial charge in [-0.05, 0) is 35.6 Å².